The first-order valence-corrected chi connectivity index (χ1v) is 6.20. The summed E-state index contributed by atoms with van der Waals surface area (Å²) in [5.41, 5.74) is 5.96. The van der Waals surface area contributed by atoms with E-state index in [0.29, 0.717) is 10.6 Å². The lowest BCUT2D eigenvalue weighted by Crippen LogP contribution is -2.33. The van der Waals surface area contributed by atoms with E-state index in [1.807, 2.05) is 13.8 Å². The Labute approximate surface area is 96.9 Å². The van der Waals surface area contributed by atoms with Crippen LogP contribution in [0.2, 0.25) is 0 Å². The van der Waals surface area contributed by atoms with Crippen LogP contribution in [0, 0.1) is 0 Å². The van der Waals surface area contributed by atoms with Crippen LogP contribution in [0.4, 0.5) is 5.69 Å². The Kier molecular flexibility index (Phi) is 4.42. The molecule has 0 saturated carbocycles. The third-order valence-electron chi connectivity index (χ3n) is 1.77. The number of nitrogens with zero attached hydrogens (tertiary/aromatic N) is 1. The van der Waals surface area contributed by atoms with Crippen molar-refractivity contribution < 1.29 is 9.00 Å². The zero-order valence-electron chi connectivity index (χ0n) is 9.27. The molecule has 1 rings (SSSR count). The van der Waals surface area contributed by atoms with Crippen LogP contribution < -0.4 is 11.1 Å². The maximum absolute atomic E-state index is 11.8. The summed E-state index contributed by atoms with van der Waals surface area (Å²) in [5.74, 6) is -0.323. The second kappa shape index (κ2) is 5.60. The van der Waals surface area contributed by atoms with Crippen molar-refractivity contribution >= 4 is 22.4 Å². The molecule has 0 spiro atoms. The predicted octanol–water partition coefficient (Wildman–Crippen LogP) is 0.296. The first-order chi connectivity index (χ1) is 7.50. The van der Waals surface area contributed by atoms with Crippen molar-refractivity contribution in [3.05, 3.63) is 18.5 Å². The lowest BCUT2D eigenvalue weighted by molar-refractivity contribution is -0.119. The van der Waals surface area contributed by atoms with Crippen LogP contribution in [0.15, 0.2) is 23.4 Å². The Morgan fingerprint density at radius 1 is 1.62 bits per heavy atom. The third kappa shape index (κ3) is 3.62. The highest BCUT2D eigenvalue weighted by Gasteiger charge is 2.13. The summed E-state index contributed by atoms with van der Waals surface area (Å²) < 4.78 is 11.8. The van der Waals surface area contributed by atoms with Gasteiger partial charge in [-0.2, -0.15) is 0 Å². The number of pyridine rings is 1. The molecular formula is C10H15N3O2S. The van der Waals surface area contributed by atoms with Gasteiger partial charge in [-0.1, -0.05) is 0 Å². The van der Waals surface area contributed by atoms with E-state index in [1.54, 1.807) is 6.07 Å². The van der Waals surface area contributed by atoms with Gasteiger partial charge in [0.2, 0.25) is 5.91 Å². The molecule has 0 fully saturated rings. The molecule has 0 aliphatic carbocycles. The highest BCUT2D eigenvalue weighted by molar-refractivity contribution is 7.86. The van der Waals surface area contributed by atoms with Crippen LogP contribution in [-0.4, -0.2) is 26.9 Å². The van der Waals surface area contributed by atoms with Crippen LogP contribution >= 0.6 is 0 Å². The van der Waals surface area contributed by atoms with Gasteiger partial charge in [0, 0.05) is 12.2 Å². The molecule has 1 heterocycles. The van der Waals surface area contributed by atoms with Crippen LogP contribution in [0.25, 0.3) is 0 Å². The Morgan fingerprint density at radius 2 is 2.31 bits per heavy atom. The molecule has 1 amide bonds. The smallest absolute Gasteiger partial charge is 0.233 e. The van der Waals surface area contributed by atoms with E-state index in [0.717, 1.165) is 0 Å². The largest absolute Gasteiger partial charge is 0.396 e. The van der Waals surface area contributed by atoms with E-state index >= 15 is 0 Å². The minimum atomic E-state index is -1.42. The number of carbonyl (C=O) groups is 1. The fourth-order valence-electron chi connectivity index (χ4n) is 1.16. The normalized spacial score (nSPS) is 12.4. The van der Waals surface area contributed by atoms with Gasteiger partial charge < -0.3 is 11.1 Å². The maximum atomic E-state index is 11.8. The fraction of sp³-hybridized carbons (Fsp3) is 0.400. The lowest BCUT2D eigenvalue weighted by Gasteiger charge is -2.08. The molecule has 16 heavy (non-hydrogen) atoms. The SMILES string of the molecule is CC(C)NC(=O)CS(=O)c1ccncc1N. The van der Waals surface area contributed by atoms with Crippen LogP contribution in [0.5, 0.6) is 0 Å². The van der Waals surface area contributed by atoms with Gasteiger partial charge in [0.15, 0.2) is 0 Å². The van der Waals surface area contributed by atoms with E-state index < -0.39 is 10.8 Å². The molecule has 6 heteroatoms. The van der Waals surface area contributed by atoms with E-state index in [-0.39, 0.29) is 17.7 Å². The third-order valence-corrected chi connectivity index (χ3v) is 3.15. The molecule has 5 nitrogen and oxygen atoms in total. The van der Waals surface area contributed by atoms with Gasteiger partial charge in [0.1, 0.15) is 5.75 Å². The highest BCUT2D eigenvalue weighted by Crippen LogP contribution is 2.13. The number of anilines is 1. The summed E-state index contributed by atoms with van der Waals surface area (Å²) in [6, 6.07) is 1.60. The fourth-order valence-corrected chi connectivity index (χ4v) is 2.17. The molecule has 0 aromatic carbocycles. The number of hydrogen-bond donors (Lipinski definition) is 2. The van der Waals surface area contributed by atoms with Crippen LogP contribution in [0.1, 0.15) is 13.8 Å². The minimum absolute atomic E-state index is 0.0410. The average Bonchev–Trinajstić information content (AvgIpc) is 2.16. The molecule has 88 valence electrons. The molecule has 0 radical (unpaired) electrons. The zero-order valence-corrected chi connectivity index (χ0v) is 10.1. The van der Waals surface area contributed by atoms with Crippen molar-refractivity contribution in [3.63, 3.8) is 0 Å². The summed E-state index contributed by atoms with van der Waals surface area (Å²) in [5, 5.41) is 2.67. The predicted molar refractivity (Wildman–Crippen MR) is 63.2 cm³/mol. The van der Waals surface area contributed by atoms with Gasteiger partial charge >= 0.3 is 0 Å². The number of hydrogen-bond acceptors (Lipinski definition) is 4. The Balaban J connectivity index is 2.66. The molecule has 3 N–H and O–H groups in total. The number of nitrogen functional groups attached to an aromatic ring is 1. The van der Waals surface area contributed by atoms with Crippen LogP contribution in [-0.2, 0) is 15.6 Å². The van der Waals surface area contributed by atoms with Crippen LogP contribution in [0.3, 0.4) is 0 Å². The molecule has 0 saturated heterocycles. The maximum Gasteiger partial charge on any atom is 0.233 e. The Bertz CT molecular complexity index is 407. The van der Waals surface area contributed by atoms with E-state index in [1.165, 1.54) is 12.4 Å². The standard InChI is InChI=1S/C10H15N3O2S/c1-7(2)13-10(14)6-16(15)9-3-4-12-5-8(9)11/h3-5,7H,6,11H2,1-2H3,(H,13,14). The van der Waals surface area contributed by atoms with Crippen molar-refractivity contribution in [1.29, 1.82) is 0 Å². The van der Waals surface area contributed by atoms with Gasteiger partial charge in [0.25, 0.3) is 0 Å². The topological polar surface area (TPSA) is 85.1 Å². The first kappa shape index (κ1) is 12.6. The van der Waals surface area contributed by atoms with Crippen molar-refractivity contribution in [2.75, 3.05) is 11.5 Å². The number of carbonyl (C=O) groups excluding carboxylic acids is 1. The molecule has 1 unspecified atom stereocenters. The average molecular weight is 241 g/mol. The quantitative estimate of drug-likeness (QED) is 0.793. The lowest BCUT2D eigenvalue weighted by atomic mass is 10.4. The Hall–Kier alpha value is -1.43. The highest BCUT2D eigenvalue weighted by atomic mass is 32.2. The molecule has 1 aromatic rings. The second-order valence-electron chi connectivity index (χ2n) is 3.63. The van der Waals surface area contributed by atoms with Gasteiger partial charge in [0.05, 0.1) is 27.6 Å². The molecule has 1 aromatic heterocycles. The van der Waals surface area contributed by atoms with Gasteiger partial charge in [-0.15, -0.1) is 0 Å². The van der Waals surface area contributed by atoms with Gasteiger partial charge in [-0.25, -0.2) is 0 Å². The Morgan fingerprint density at radius 3 is 2.88 bits per heavy atom. The number of nitrogens with two attached hydrogens (primary N) is 1. The monoisotopic (exact) mass is 241 g/mol. The number of amides is 1. The van der Waals surface area contributed by atoms with Crippen molar-refractivity contribution in [1.82, 2.24) is 10.3 Å². The minimum Gasteiger partial charge on any atom is -0.396 e. The number of rotatable bonds is 4. The van der Waals surface area contributed by atoms with E-state index in [4.69, 9.17) is 5.73 Å². The van der Waals surface area contributed by atoms with Gasteiger partial charge in [-0.3, -0.25) is 14.0 Å². The molecule has 0 aliphatic heterocycles. The van der Waals surface area contributed by atoms with Gasteiger partial charge in [-0.05, 0) is 19.9 Å². The molecule has 1 atom stereocenters. The molecule has 0 bridgehead atoms. The number of nitrogens with one attached hydrogen (secondary N) is 1. The van der Waals surface area contributed by atoms with E-state index in [2.05, 4.69) is 10.3 Å². The van der Waals surface area contributed by atoms with Crippen molar-refractivity contribution in [3.8, 4) is 0 Å². The van der Waals surface area contributed by atoms with E-state index in [9.17, 15) is 9.00 Å². The zero-order chi connectivity index (χ0) is 12.1. The summed E-state index contributed by atoms with van der Waals surface area (Å²) in [6.07, 6.45) is 2.93. The summed E-state index contributed by atoms with van der Waals surface area (Å²) >= 11 is 0. The number of aromatic nitrogens is 1. The van der Waals surface area contributed by atoms with Crippen molar-refractivity contribution in [2.45, 2.75) is 24.8 Å². The first-order valence-electron chi connectivity index (χ1n) is 4.88. The summed E-state index contributed by atoms with van der Waals surface area (Å²) in [6.45, 7) is 3.70. The second-order valence-corrected chi connectivity index (χ2v) is 5.05. The van der Waals surface area contributed by atoms with Crippen molar-refractivity contribution in [2.24, 2.45) is 0 Å². The molecule has 0 aliphatic rings. The summed E-state index contributed by atoms with van der Waals surface area (Å²) in [4.78, 5) is 15.6. The summed E-state index contributed by atoms with van der Waals surface area (Å²) in [7, 11) is -1.42. The molecular weight excluding hydrogens is 226 g/mol.